The molecule has 0 radical (unpaired) electrons. The van der Waals surface area contributed by atoms with Gasteiger partial charge in [-0.25, -0.2) is 9.97 Å². The largest absolute Gasteiger partial charge is 0.493 e. The zero-order chi connectivity index (χ0) is 21.1. The Labute approximate surface area is 181 Å². The van der Waals surface area contributed by atoms with Crippen LogP contribution in [0.25, 0.3) is 10.2 Å². The molecule has 2 aromatic heterocycles. The summed E-state index contributed by atoms with van der Waals surface area (Å²) in [5, 5.41) is 4.66. The molecule has 3 heterocycles. The van der Waals surface area contributed by atoms with Crippen molar-refractivity contribution in [2.75, 3.05) is 45.8 Å². The highest BCUT2D eigenvalue weighted by molar-refractivity contribution is 7.18. The van der Waals surface area contributed by atoms with Gasteiger partial charge in [-0.05, 0) is 37.1 Å². The number of benzene rings is 1. The molecule has 0 spiro atoms. The lowest BCUT2D eigenvalue weighted by molar-refractivity contribution is 0.0331. The lowest BCUT2D eigenvalue weighted by atomic mass is 10.2. The number of nitrogens with one attached hydrogen (secondary N) is 1. The normalized spacial score (nSPS) is 14.8. The van der Waals surface area contributed by atoms with Gasteiger partial charge in [0.05, 0.1) is 39.4 Å². The Morgan fingerprint density at radius 1 is 1.10 bits per heavy atom. The van der Waals surface area contributed by atoms with Crippen LogP contribution < -0.4 is 14.8 Å². The van der Waals surface area contributed by atoms with Crippen LogP contribution in [0.3, 0.4) is 0 Å². The van der Waals surface area contributed by atoms with Gasteiger partial charge in [0.25, 0.3) is 0 Å². The Balaban J connectivity index is 1.61. The van der Waals surface area contributed by atoms with E-state index in [1.807, 2.05) is 18.2 Å². The maximum atomic E-state index is 5.46. The molecule has 4 rings (SSSR count). The fourth-order valence-electron chi connectivity index (χ4n) is 3.63. The molecule has 1 fully saturated rings. The van der Waals surface area contributed by atoms with Crippen LogP contribution in [-0.4, -0.2) is 55.4 Å². The van der Waals surface area contributed by atoms with Crippen molar-refractivity contribution in [3.05, 3.63) is 40.0 Å². The highest BCUT2D eigenvalue weighted by Gasteiger charge is 2.18. The molecule has 1 aromatic carbocycles. The second-order valence-electron chi connectivity index (χ2n) is 7.38. The Kier molecular flexibility index (Phi) is 6.36. The van der Waals surface area contributed by atoms with Gasteiger partial charge in [-0.1, -0.05) is 6.07 Å². The first-order valence-corrected chi connectivity index (χ1v) is 10.9. The third-order valence-electron chi connectivity index (χ3n) is 5.45. The number of morpholine rings is 1. The number of thiophene rings is 1. The number of methoxy groups -OCH3 is 2. The summed E-state index contributed by atoms with van der Waals surface area (Å²) in [4.78, 5) is 14.4. The molecule has 3 aromatic rings. The van der Waals surface area contributed by atoms with Crippen molar-refractivity contribution >= 4 is 27.4 Å². The van der Waals surface area contributed by atoms with Crippen LogP contribution in [0, 0.1) is 13.8 Å². The van der Waals surface area contributed by atoms with Gasteiger partial charge in [-0.3, -0.25) is 4.90 Å². The Hall–Kier alpha value is -2.42. The maximum absolute atomic E-state index is 5.46. The van der Waals surface area contributed by atoms with Crippen LogP contribution in [0.2, 0.25) is 0 Å². The number of hydrogen-bond acceptors (Lipinski definition) is 8. The van der Waals surface area contributed by atoms with Crippen molar-refractivity contribution in [2.24, 2.45) is 0 Å². The molecule has 0 amide bonds. The second kappa shape index (κ2) is 9.16. The number of aromatic nitrogens is 2. The van der Waals surface area contributed by atoms with Crippen molar-refractivity contribution in [2.45, 2.75) is 26.9 Å². The van der Waals surface area contributed by atoms with E-state index >= 15 is 0 Å². The fourth-order valence-corrected chi connectivity index (χ4v) is 4.68. The van der Waals surface area contributed by atoms with Gasteiger partial charge < -0.3 is 19.5 Å². The zero-order valence-electron chi connectivity index (χ0n) is 17.9. The van der Waals surface area contributed by atoms with Crippen LogP contribution >= 0.6 is 11.3 Å². The summed E-state index contributed by atoms with van der Waals surface area (Å²) < 4.78 is 16.2. The number of nitrogens with zero attached hydrogens (tertiary/aromatic N) is 3. The predicted octanol–water partition coefficient (Wildman–Crippen LogP) is 3.77. The van der Waals surface area contributed by atoms with Crippen molar-refractivity contribution in [1.82, 2.24) is 14.9 Å². The van der Waals surface area contributed by atoms with Crippen molar-refractivity contribution in [3.8, 4) is 11.5 Å². The van der Waals surface area contributed by atoms with Crippen LogP contribution in [0.4, 0.5) is 5.82 Å². The number of aryl methyl sites for hydroxylation is 2. The Morgan fingerprint density at radius 2 is 1.87 bits per heavy atom. The van der Waals surface area contributed by atoms with Gasteiger partial charge in [0.1, 0.15) is 16.5 Å². The molecule has 30 heavy (non-hydrogen) atoms. The van der Waals surface area contributed by atoms with Gasteiger partial charge in [0.15, 0.2) is 11.5 Å². The van der Waals surface area contributed by atoms with Crippen LogP contribution in [0.1, 0.15) is 21.8 Å². The molecule has 0 bridgehead atoms. The molecule has 0 atom stereocenters. The molecule has 0 unspecified atom stereocenters. The first kappa shape index (κ1) is 20.8. The highest BCUT2D eigenvalue weighted by Crippen LogP contribution is 2.34. The topological polar surface area (TPSA) is 68.7 Å². The SMILES string of the molecule is COc1ccc(CNc2nc(CN3CCOCC3)nc3sc(C)c(C)c23)cc1OC. The molecule has 0 aliphatic carbocycles. The van der Waals surface area contributed by atoms with E-state index in [0.29, 0.717) is 6.54 Å². The summed E-state index contributed by atoms with van der Waals surface area (Å²) in [6.45, 7) is 9.02. The van der Waals surface area contributed by atoms with Gasteiger partial charge in [0, 0.05) is 24.5 Å². The van der Waals surface area contributed by atoms with Crippen LogP contribution in [-0.2, 0) is 17.8 Å². The molecule has 1 N–H and O–H groups in total. The van der Waals surface area contributed by atoms with E-state index in [4.69, 9.17) is 24.2 Å². The second-order valence-corrected chi connectivity index (χ2v) is 8.59. The number of hydrogen-bond donors (Lipinski definition) is 1. The molecular formula is C22H28N4O3S. The smallest absolute Gasteiger partial charge is 0.161 e. The molecule has 160 valence electrons. The Morgan fingerprint density at radius 3 is 2.60 bits per heavy atom. The molecule has 7 nitrogen and oxygen atoms in total. The van der Waals surface area contributed by atoms with Gasteiger partial charge in [-0.15, -0.1) is 11.3 Å². The van der Waals surface area contributed by atoms with E-state index in [1.165, 1.54) is 10.4 Å². The third-order valence-corrected chi connectivity index (χ3v) is 6.55. The molecule has 8 heteroatoms. The monoisotopic (exact) mass is 428 g/mol. The quantitative estimate of drug-likeness (QED) is 0.614. The van der Waals surface area contributed by atoms with E-state index in [9.17, 15) is 0 Å². The van der Waals surface area contributed by atoms with Crippen LogP contribution in [0.5, 0.6) is 11.5 Å². The highest BCUT2D eigenvalue weighted by atomic mass is 32.1. The van der Waals surface area contributed by atoms with Crippen molar-refractivity contribution < 1.29 is 14.2 Å². The van der Waals surface area contributed by atoms with E-state index in [0.717, 1.165) is 71.8 Å². The standard InChI is InChI=1S/C22H28N4O3S/c1-14-15(2)30-22-20(14)21(24-19(25-22)13-26-7-9-29-10-8-26)23-12-16-5-6-17(27-3)18(11-16)28-4/h5-6,11H,7-10,12-13H2,1-4H3,(H,23,24,25). The number of ether oxygens (including phenoxy) is 3. The van der Waals surface area contributed by atoms with E-state index in [2.05, 4.69) is 24.1 Å². The minimum absolute atomic E-state index is 0.637. The fraction of sp³-hybridized carbons (Fsp3) is 0.455. The number of anilines is 1. The molecule has 1 aliphatic heterocycles. The zero-order valence-corrected chi connectivity index (χ0v) is 18.8. The molecule has 1 aliphatic rings. The lowest BCUT2D eigenvalue weighted by Gasteiger charge is -2.25. The average molecular weight is 429 g/mol. The first-order valence-electron chi connectivity index (χ1n) is 10.1. The predicted molar refractivity (Wildman–Crippen MR) is 120 cm³/mol. The third kappa shape index (κ3) is 4.35. The minimum Gasteiger partial charge on any atom is -0.493 e. The summed E-state index contributed by atoms with van der Waals surface area (Å²) in [5.41, 5.74) is 2.33. The van der Waals surface area contributed by atoms with Gasteiger partial charge in [-0.2, -0.15) is 0 Å². The summed E-state index contributed by atoms with van der Waals surface area (Å²) in [7, 11) is 3.30. The number of rotatable bonds is 7. The average Bonchev–Trinajstić information content (AvgIpc) is 3.06. The maximum Gasteiger partial charge on any atom is 0.161 e. The Bertz CT molecular complexity index is 1030. The summed E-state index contributed by atoms with van der Waals surface area (Å²) in [6, 6.07) is 5.95. The number of fused-ring (bicyclic) bond motifs is 1. The van der Waals surface area contributed by atoms with Crippen molar-refractivity contribution in [1.29, 1.82) is 0 Å². The summed E-state index contributed by atoms with van der Waals surface area (Å²) in [6.07, 6.45) is 0. The lowest BCUT2D eigenvalue weighted by Crippen LogP contribution is -2.36. The molecule has 1 saturated heterocycles. The molecule has 0 saturated carbocycles. The van der Waals surface area contributed by atoms with E-state index in [-0.39, 0.29) is 0 Å². The van der Waals surface area contributed by atoms with Gasteiger partial charge >= 0.3 is 0 Å². The summed E-state index contributed by atoms with van der Waals surface area (Å²) >= 11 is 1.73. The summed E-state index contributed by atoms with van der Waals surface area (Å²) in [5.74, 6) is 3.18. The minimum atomic E-state index is 0.637. The van der Waals surface area contributed by atoms with E-state index < -0.39 is 0 Å². The van der Waals surface area contributed by atoms with Crippen molar-refractivity contribution in [3.63, 3.8) is 0 Å². The molecular weight excluding hydrogens is 400 g/mol. The first-order chi connectivity index (χ1) is 14.6. The van der Waals surface area contributed by atoms with Crippen LogP contribution in [0.15, 0.2) is 18.2 Å². The van der Waals surface area contributed by atoms with E-state index in [1.54, 1.807) is 25.6 Å². The van der Waals surface area contributed by atoms with Gasteiger partial charge in [0.2, 0.25) is 0 Å².